The zero-order chi connectivity index (χ0) is 31.0. The molecule has 2 atom stereocenters. The Kier molecular flexibility index (Phi) is 10.5. The highest BCUT2D eigenvalue weighted by Crippen LogP contribution is 2.30. The second kappa shape index (κ2) is 13.9. The van der Waals surface area contributed by atoms with Gasteiger partial charge in [0.25, 0.3) is 5.91 Å². The monoisotopic (exact) mass is 571 g/mol. The number of nitrogens with one attached hydrogen (secondary N) is 2. The molecule has 3 amide bonds. The molecule has 3 N–H and O–H groups in total. The first-order valence-corrected chi connectivity index (χ1v) is 13.9. The third-order valence-corrected chi connectivity index (χ3v) is 6.71. The molecule has 2 unspecified atom stereocenters. The summed E-state index contributed by atoms with van der Waals surface area (Å²) in [6, 6.07) is 17.7. The van der Waals surface area contributed by atoms with Gasteiger partial charge in [-0.1, -0.05) is 60.7 Å². The van der Waals surface area contributed by atoms with Crippen molar-refractivity contribution in [1.29, 1.82) is 0 Å². The quantitative estimate of drug-likeness (QED) is 0.253. The maximum atomic E-state index is 14.4. The lowest BCUT2D eigenvalue weighted by atomic mass is 9.98. The van der Waals surface area contributed by atoms with Crippen LogP contribution in [0.3, 0.4) is 0 Å². The number of nitrogens with zero attached hydrogens (tertiary/aromatic N) is 1. The Morgan fingerprint density at radius 3 is 2.17 bits per heavy atom. The number of aromatic hydroxyl groups is 1. The second-order valence-electron chi connectivity index (χ2n) is 11.4. The average Bonchev–Trinajstić information content (AvgIpc) is 2.91. The van der Waals surface area contributed by atoms with Crippen LogP contribution in [0.5, 0.6) is 5.75 Å². The lowest BCUT2D eigenvalue weighted by Gasteiger charge is -2.34. The first-order chi connectivity index (χ1) is 19.8. The largest absolute Gasteiger partial charge is 0.508 e. The zero-order valence-electron chi connectivity index (χ0n) is 25.2. The molecule has 3 rings (SSSR count). The van der Waals surface area contributed by atoms with E-state index in [0.29, 0.717) is 16.8 Å². The molecule has 0 aliphatic carbocycles. The normalized spacial score (nSPS) is 12.5. The highest BCUT2D eigenvalue weighted by molar-refractivity contribution is 6.00. The minimum absolute atomic E-state index is 0.0187. The van der Waals surface area contributed by atoms with Crippen LogP contribution >= 0.6 is 0 Å². The van der Waals surface area contributed by atoms with Gasteiger partial charge in [-0.3, -0.25) is 9.59 Å². The summed E-state index contributed by atoms with van der Waals surface area (Å²) in [7, 11) is 0. The van der Waals surface area contributed by atoms with Crippen molar-refractivity contribution >= 4 is 23.6 Å². The molecule has 3 aromatic rings. The number of anilines is 1. The number of ether oxygens (including phenoxy) is 1. The zero-order valence-corrected chi connectivity index (χ0v) is 25.2. The van der Waals surface area contributed by atoms with Crippen LogP contribution in [0.2, 0.25) is 0 Å². The Morgan fingerprint density at radius 1 is 0.952 bits per heavy atom. The van der Waals surface area contributed by atoms with Crippen molar-refractivity contribution in [2.45, 2.75) is 65.6 Å². The van der Waals surface area contributed by atoms with Gasteiger partial charge in [-0.2, -0.15) is 0 Å². The van der Waals surface area contributed by atoms with E-state index in [2.05, 4.69) is 17.2 Å². The van der Waals surface area contributed by atoms with Crippen LogP contribution in [0.25, 0.3) is 0 Å². The Hall–Kier alpha value is -4.59. The molecule has 222 valence electrons. The number of para-hydroxylation sites is 1. The molecule has 3 aromatic carbocycles. The van der Waals surface area contributed by atoms with Crippen molar-refractivity contribution in [2.24, 2.45) is 0 Å². The molecule has 0 bridgehead atoms. The molecule has 0 aromatic heterocycles. The molecule has 0 fully saturated rings. The summed E-state index contributed by atoms with van der Waals surface area (Å²) < 4.78 is 5.47. The number of phenolic OH excluding ortho intramolecular Hbond substituents is 1. The molecule has 0 saturated heterocycles. The molecular formula is C34H41N3O5. The third-order valence-electron chi connectivity index (χ3n) is 6.71. The number of phenols is 1. The number of alkyl carbamates (subject to hydrolysis) is 1. The Balaban J connectivity index is 2.09. The molecule has 42 heavy (non-hydrogen) atoms. The summed E-state index contributed by atoms with van der Waals surface area (Å²) in [6.07, 6.45) is 0.969. The average molecular weight is 572 g/mol. The van der Waals surface area contributed by atoms with Gasteiger partial charge in [0.2, 0.25) is 5.91 Å². The van der Waals surface area contributed by atoms with Crippen LogP contribution in [0.4, 0.5) is 10.5 Å². The summed E-state index contributed by atoms with van der Waals surface area (Å²) in [5, 5.41) is 16.0. The number of hydrogen-bond acceptors (Lipinski definition) is 5. The van der Waals surface area contributed by atoms with Crippen LogP contribution in [-0.4, -0.2) is 46.1 Å². The van der Waals surface area contributed by atoms with Gasteiger partial charge in [0, 0.05) is 18.7 Å². The SMILES string of the molecule is C=CCN(C(=O)C(Cc1ccccc1)NC(=O)OC(C)(C)C)C(C(=O)Nc1c(C)cccc1C)c1ccc(O)c(C)c1. The van der Waals surface area contributed by atoms with Gasteiger partial charge in [-0.05, 0) is 81.5 Å². The van der Waals surface area contributed by atoms with Crippen LogP contribution in [0.15, 0.2) is 79.4 Å². The summed E-state index contributed by atoms with van der Waals surface area (Å²) in [5.41, 5.74) is 3.50. The van der Waals surface area contributed by atoms with Crippen molar-refractivity contribution in [2.75, 3.05) is 11.9 Å². The van der Waals surface area contributed by atoms with E-state index in [0.717, 1.165) is 16.7 Å². The number of carbonyl (C=O) groups is 3. The van der Waals surface area contributed by atoms with Crippen molar-refractivity contribution in [3.8, 4) is 5.75 Å². The highest BCUT2D eigenvalue weighted by atomic mass is 16.6. The van der Waals surface area contributed by atoms with Gasteiger partial charge in [-0.25, -0.2) is 4.79 Å². The van der Waals surface area contributed by atoms with Gasteiger partial charge in [-0.15, -0.1) is 6.58 Å². The number of hydrogen-bond donors (Lipinski definition) is 3. The van der Waals surface area contributed by atoms with Gasteiger partial charge >= 0.3 is 6.09 Å². The predicted molar refractivity (Wildman–Crippen MR) is 165 cm³/mol. The fraction of sp³-hybridized carbons (Fsp3) is 0.324. The Labute approximate surface area is 248 Å². The minimum atomic E-state index is -1.10. The van der Waals surface area contributed by atoms with Crippen molar-refractivity contribution < 1.29 is 24.2 Å². The van der Waals surface area contributed by atoms with E-state index in [9.17, 15) is 19.5 Å². The molecule has 0 saturated carbocycles. The van der Waals surface area contributed by atoms with E-state index < -0.39 is 35.6 Å². The Bertz CT molecular complexity index is 1410. The van der Waals surface area contributed by atoms with E-state index in [4.69, 9.17) is 4.74 Å². The van der Waals surface area contributed by atoms with E-state index >= 15 is 0 Å². The number of aryl methyl sites for hydroxylation is 3. The number of benzene rings is 3. The summed E-state index contributed by atoms with van der Waals surface area (Å²) in [5.74, 6) is -0.858. The van der Waals surface area contributed by atoms with Crippen LogP contribution in [0, 0.1) is 20.8 Å². The minimum Gasteiger partial charge on any atom is -0.508 e. The highest BCUT2D eigenvalue weighted by Gasteiger charge is 2.36. The maximum Gasteiger partial charge on any atom is 0.408 e. The number of rotatable bonds is 10. The lowest BCUT2D eigenvalue weighted by Crippen LogP contribution is -2.53. The fourth-order valence-corrected chi connectivity index (χ4v) is 4.69. The van der Waals surface area contributed by atoms with Crippen molar-refractivity contribution in [1.82, 2.24) is 10.2 Å². The summed E-state index contributed by atoms with van der Waals surface area (Å²) in [4.78, 5) is 42.8. The van der Waals surface area contributed by atoms with E-state index in [-0.39, 0.29) is 18.7 Å². The topological polar surface area (TPSA) is 108 Å². The molecule has 0 heterocycles. The summed E-state index contributed by atoms with van der Waals surface area (Å²) in [6.45, 7) is 14.6. The standard InChI is InChI=1S/C34H41N3O5/c1-8-19-37(32(40)27(21-25-15-10-9-11-16-25)35-33(41)42-34(5,6)7)30(26-17-18-28(38)24(4)20-26)31(39)36-29-22(2)13-12-14-23(29)3/h8-18,20,27,30,38H,1,19,21H2,2-7H3,(H,35,41)(H,36,39). The van der Waals surface area contributed by atoms with Gasteiger partial charge in [0.1, 0.15) is 23.4 Å². The van der Waals surface area contributed by atoms with E-state index in [1.165, 1.54) is 17.0 Å². The smallest absolute Gasteiger partial charge is 0.408 e. The molecule has 0 aliphatic rings. The Morgan fingerprint density at radius 2 is 1.60 bits per heavy atom. The number of carbonyl (C=O) groups excluding carboxylic acids is 3. The fourth-order valence-electron chi connectivity index (χ4n) is 4.69. The van der Waals surface area contributed by atoms with Crippen molar-refractivity contribution in [3.05, 3.63) is 107 Å². The van der Waals surface area contributed by atoms with Crippen LogP contribution in [-0.2, 0) is 20.7 Å². The molecule has 8 nitrogen and oxygen atoms in total. The predicted octanol–water partition coefficient (Wildman–Crippen LogP) is 6.15. The molecular weight excluding hydrogens is 530 g/mol. The second-order valence-corrected chi connectivity index (χ2v) is 11.4. The van der Waals surface area contributed by atoms with Crippen LogP contribution < -0.4 is 10.6 Å². The lowest BCUT2D eigenvalue weighted by molar-refractivity contribution is -0.140. The van der Waals surface area contributed by atoms with Crippen molar-refractivity contribution in [3.63, 3.8) is 0 Å². The number of amides is 3. The van der Waals surface area contributed by atoms with Gasteiger partial charge in [0.05, 0.1) is 0 Å². The molecule has 8 heteroatoms. The third kappa shape index (κ3) is 8.46. The molecule has 0 spiro atoms. The summed E-state index contributed by atoms with van der Waals surface area (Å²) >= 11 is 0. The van der Waals surface area contributed by atoms with E-state index in [1.807, 2.05) is 62.4 Å². The molecule has 0 radical (unpaired) electrons. The first kappa shape index (κ1) is 31.9. The van der Waals surface area contributed by atoms with E-state index in [1.54, 1.807) is 39.8 Å². The first-order valence-electron chi connectivity index (χ1n) is 13.9. The van der Waals surface area contributed by atoms with Crippen LogP contribution in [0.1, 0.15) is 54.6 Å². The van der Waals surface area contributed by atoms with Gasteiger partial charge < -0.3 is 25.4 Å². The van der Waals surface area contributed by atoms with Gasteiger partial charge in [0.15, 0.2) is 0 Å². The maximum absolute atomic E-state index is 14.4. The molecule has 0 aliphatic heterocycles.